The molecular formula is C25H26F6N2O2. The van der Waals surface area contributed by atoms with Gasteiger partial charge in [0.2, 0.25) is 0 Å². The van der Waals surface area contributed by atoms with Gasteiger partial charge in [-0.3, -0.25) is 0 Å². The molecule has 4 nitrogen and oxygen atoms in total. The average molecular weight is 500 g/mol. The number of nitrogens with zero attached hydrogens (tertiary/aromatic N) is 2. The second-order valence-electron chi connectivity index (χ2n) is 9.75. The van der Waals surface area contributed by atoms with Crippen molar-refractivity contribution in [2.75, 3.05) is 18.1 Å². The zero-order valence-corrected chi connectivity index (χ0v) is 19.1. The first-order valence-corrected chi connectivity index (χ1v) is 11.7. The Hall–Kier alpha value is -2.33. The van der Waals surface area contributed by atoms with Crippen LogP contribution < -0.4 is 4.90 Å². The van der Waals surface area contributed by atoms with Gasteiger partial charge in [0, 0.05) is 23.8 Å². The molecule has 1 aromatic carbocycles. The monoisotopic (exact) mass is 500 g/mol. The van der Waals surface area contributed by atoms with Crippen molar-refractivity contribution in [3.8, 4) is 0 Å². The zero-order valence-electron chi connectivity index (χ0n) is 19.1. The number of piperidine rings is 1. The van der Waals surface area contributed by atoms with Crippen molar-refractivity contribution in [2.45, 2.75) is 69.3 Å². The molecular weight excluding hydrogens is 474 g/mol. The van der Waals surface area contributed by atoms with Gasteiger partial charge in [-0.05, 0) is 74.8 Å². The molecule has 4 heterocycles. The molecule has 0 spiro atoms. The average Bonchev–Trinajstić information content (AvgIpc) is 3.34. The van der Waals surface area contributed by atoms with Gasteiger partial charge in [0.05, 0.1) is 24.3 Å². The summed E-state index contributed by atoms with van der Waals surface area (Å²) in [6, 6.07) is 6.53. The first-order valence-electron chi connectivity index (χ1n) is 11.7. The molecule has 0 aliphatic carbocycles. The Bertz CT molecular complexity index is 1050. The van der Waals surface area contributed by atoms with Gasteiger partial charge in [-0.15, -0.1) is 0 Å². The summed E-state index contributed by atoms with van der Waals surface area (Å²) in [6.45, 7) is 2.28. The molecule has 1 aromatic heterocycles. The number of fused-ring (bicyclic) bond motifs is 2. The summed E-state index contributed by atoms with van der Waals surface area (Å²) >= 11 is 0. The SMILES string of the molecule is CC1(c2cc(C(F)(F)F)ccc2CC2C[C@H]3CC[C@@H](C2)N3c2ccc(C(F)(F)F)cn2)OCCO1. The largest absolute Gasteiger partial charge is 0.417 e. The van der Waals surface area contributed by atoms with E-state index in [9.17, 15) is 26.3 Å². The van der Waals surface area contributed by atoms with Gasteiger partial charge < -0.3 is 14.4 Å². The fourth-order valence-electron chi connectivity index (χ4n) is 5.87. The van der Waals surface area contributed by atoms with Crippen LogP contribution in [0.3, 0.4) is 0 Å². The zero-order chi connectivity index (χ0) is 25.0. The van der Waals surface area contributed by atoms with Crippen molar-refractivity contribution in [3.05, 3.63) is 58.8 Å². The van der Waals surface area contributed by atoms with E-state index in [1.54, 1.807) is 6.92 Å². The number of anilines is 1. The topological polar surface area (TPSA) is 34.6 Å². The summed E-state index contributed by atoms with van der Waals surface area (Å²) in [7, 11) is 0. The summed E-state index contributed by atoms with van der Waals surface area (Å²) < 4.78 is 90.4. The molecule has 0 N–H and O–H groups in total. The molecule has 10 heteroatoms. The lowest BCUT2D eigenvalue weighted by Crippen LogP contribution is -2.44. The Morgan fingerprint density at radius 2 is 1.51 bits per heavy atom. The Kier molecular flexibility index (Phi) is 6.03. The van der Waals surface area contributed by atoms with E-state index in [1.165, 1.54) is 12.1 Å². The maximum absolute atomic E-state index is 13.4. The predicted molar refractivity (Wildman–Crippen MR) is 116 cm³/mol. The number of rotatable bonds is 4. The van der Waals surface area contributed by atoms with Gasteiger partial charge in [0.25, 0.3) is 0 Å². The van der Waals surface area contributed by atoms with Crippen LogP contribution in [0, 0.1) is 5.92 Å². The standard InChI is InChI=1S/C25H26F6N2O2/c1-23(34-8-9-35-23)21-13-17(24(26,27)28)3-2-16(21)10-15-11-19-5-6-20(12-15)33(19)22-7-4-18(14-32-22)25(29,30)31/h2-4,7,13-15,19-20H,5-6,8-12H2,1H3/t15?,19-,20+. The van der Waals surface area contributed by atoms with Crippen LogP contribution in [0.5, 0.6) is 0 Å². The van der Waals surface area contributed by atoms with Crippen LogP contribution in [0.4, 0.5) is 32.2 Å². The van der Waals surface area contributed by atoms with Crippen LogP contribution in [0.25, 0.3) is 0 Å². The smallest absolute Gasteiger partial charge is 0.351 e. The van der Waals surface area contributed by atoms with E-state index < -0.39 is 29.3 Å². The van der Waals surface area contributed by atoms with Gasteiger partial charge >= 0.3 is 12.4 Å². The van der Waals surface area contributed by atoms with Crippen molar-refractivity contribution in [1.82, 2.24) is 4.98 Å². The van der Waals surface area contributed by atoms with Crippen molar-refractivity contribution in [2.24, 2.45) is 5.92 Å². The minimum absolute atomic E-state index is 0.135. The number of ether oxygens (including phenoxy) is 2. The van der Waals surface area contributed by atoms with Crippen LogP contribution >= 0.6 is 0 Å². The highest BCUT2D eigenvalue weighted by Gasteiger charge is 2.43. The van der Waals surface area contributed by atoms with Crippen LogP contribution in [0.15, 0.2) is 36.5 Å². The third kappa shape index (κ3) is 4.74. The Morgan fingerprint density at radius 3 is 2.06 bits per heavy atom. The van der Waals surface area contributed by atoms with E-state index in [4.69, 9.17) is 9.47 Å². The number of aromatic nitrogens is 1. The molecule has 35 heavy (non-hydrogen) atoms. The van der Waals surface area contributed by atoms with Crippen molar-refractivity contribution in [3.63, 3.8) is 0 Å². The first kappa shape index (κ1) is 24.4. The molecule has 3 aliphatic rings. The number of hydrogen-bond donors (Lipinski definition) is 0. The Morgan fingerprint density at radius 1 is 0.914 bits per heavy atom. The molecule has 2 aromatic rings. The molecule has 3 aliphatic heterocycles. The van der Waals surface area contributed by atoms with Crippen molar-refractivity contribution < 1.29 is 35.8 Å². The van der Waals surface area contributed by atoms with E-state index in [-0.39, 0.29) is 18.0 Å². The summed E-state index contributed by atoms with van der Waals surface area (Å²) in [5.74, 6) is -0.460. The number of benzene rings is 1. The summed E-state index contributed by atoms with van der Waals surface area (Å²) in [5.41, 5.74) is -0.333. The summed E-state index contributed by atoms with van der Waals surface area (Å²) in [6.07, 6.45) is -4.05. The summed E-state index contributed by atoms with van der Waals surface area (Å²) in [5, 5.41) is 0. The van der Waals surface area contributed by atoms with Gasteiger partial charge in [-0.1, -0.05) is 6.07 Å². The van der Waals surface area contributed by atoms with E-state index >= 15 is 0 Å². The van der Waals surface area contributed by atoms with Gasteiger partial charge in [-0.25, -0.2) is 4.98 Å². The first-order chi connectivity index (χ1) is 16.4. The Balaban J connectivity index is 1.36. The minimum atomic E-state index is -4.47. The van der Waals surface area contributed by atoms with Crippen LogP contribution in [-0.4, -0.2) is 30.3 Å². The van der Waals surface area contributed by atoms with E-state index in [0.717, 1.165) is 55.6 Å². The second-order valence-corrected chi connectivity index (χ2v) is 9.75. The molecule has 3 saturated heterocycles. The van der Waals surface area contributed by atoms with E-state index in [2.05, 4.69) is 9.88 Å². The van der Waals surface area contributed by atoms with Crippen LogP contribution in [0.2, 0.25) is 0 Å². The lowest BCUT2D eigenvalue weighted by molar-refractivity contribution is -0.152. The molecule has 2 bridgehead atoms. The number of hydrogen-bond acceptors (Lipinski definition) is 4. The van der Waals surface area contributed by atoms with Gasteiger partial charge in [0.15, 0.2) is 5.79 Å². The van der Waals surface area contributed by atoms with Crippen molar-refractivity contribution in [1.29, 1.82) is 0 Å². The van der Waals surface area contributed by atoms with Gasteiger partial charge in [-0.2, -0.15) is 26.3 Å². The quantitative estimate of drug-likeness (QED) is 0.460. The maximum Gasteiger partial charge on any atom is 0.417 e. The molecule has 5 rings (SSSR count). The highest BCUT2D eigenvalue weighted by Crippen LogP contribution is 2.44. The minimum Gasteiger partial charge on any atom is -0.351 e. The molecule has 3 atom stereocenters. The number of halogens is 6. The van der Waals surface area contributed by atoms with Crippen LogP contribution in [-0.2, 0) is 34.0 Å². The Labute approximate surface area is 199 Å². The fourth-order valence-corrected chi connectivity index (χ4v) is 5.87. The van der Waals surface area contributed by atoms with Crippen LogP contribution in [0.1, 0.15) is 54.9 Å². The fraction of sp³-hybridized carbons (Fsp3) is 0.560. The predicted octanol–water partition coefficient (Wildman–Crippen LogP) is 6.33. The third-order valence-corrected chi connectivity index (χ3v) is 7.44. The molecule has 0 radical (unpaired) electrons. The number of alkyl halides is 6. The maximum atomic E-state index is 13.4. The lowest BCUT2D eigenvalue weighted by atomic mass is 9.83. The number of pyridine rings is 1. The third-order valence-electron chi connectivity index (χ3n) is 7.44. The summed E-state index contributed by atoms with van der Waals surface area (Å²) in [4.78, 5) is 6.21. The van der Waals surface area contributed by atoms with Crippen molar-refractivity contribution >= 4 is 5.82 Å². The molecule has 190 valence electrons. The van der Waals surface area contributed by atoms with E-state index in [1.807, 2.05) is 0 Å². The molecule has 0 saturated carbocycles. The highest BCUT2D eigenvalue weighted by molar-refractivity contribution is 5.45. The molecule has 3 fully saturated rings. The molecule has 1 unspecified atom stereocenters. The highest BCUT2D eigenvalue weighted by atomic mass is 19.4. The molecule has 0 amide bonds. The normalized spacial score (nSPS) is 26.4. The lowest BCUT2D eigenvalue weighted by Gasteiger charge is -2.40. The van der Waals surface area contributed by atoms with E-state index in [0.29, 0.717) is 31.0 Å². The van der Waals surface area contributed by atoms with Gasteiger partial charge in [0.1, 0.15) is 5.82 Å². The second kappa shape index (κ2) is 8.65.